The number of carbonyl (C=O) groups is 2. The quantitative estimate of drug-likeness (QED) is 0.245. The van der Waals surface area contributed by atoms with E-state index >= 15 is 0 Å². The number of rotatable bonds is 7. The zero-order valence-electron chi connectivity index (χ0n) is 18.8. The van der Waals surface area contributed by atoms with Crippen LogP contribution in [0.1, 0.15) is 46.0 Å². The summed E-state index contributed by atoms with van der Waals surface area (Å²) in [6.07, 6.45) is 4.54. The first-order valence-corrected chi connectivity index (χ1v) is 12.5. The number of guanidine groups is 1. The molecule has 2 saturated heterocycles. The van der Waals surface area contributed by atoms with Crippen LogP contribution in [-0.2, 0) is 9.59 Å². The van der Waals surface area contributed by atoms with Crippen LogP contribution < -0.4 is 11.5 Å². The summed E-state index contributed by atoms with van der Waals surface area (Å²) >= 11 is 1.63. The SMILES string of the molecule is C[C@@H](O)[C@H]1C(=O)N2C(C(=O)O)=C(S[C@@H]3CCN(CC4CCC(N=C(N)N)CC4)C3)[C@H](C)[C@H]12. The number of β-lactam (4-membered cyclic amide) rings is 1. The lowest BCUT2D eigenvalue weighted by atomic mass is 9.79. The van der Waals surface area contributed by atoms with Crippen LogP contribution in [0.25, 0.3) is 0 Å². The van der Waals surface area contributed by atoms with Crippen molar-refractivity contribution >= 4 is 29.6 Å². The second-order valence-corrected chi connectivity index (χ2v) is 11.1. The highest BCUT2D eigenvalue weighted by Gasteiger charge is 2.60. The van der Waals surface area contributed by atoms with E-state index < -0.39 is 18.0 Å². The molecule has 10 heteroatoms. The normalized spacial score (nSPS) is 36.1. The number of aliphatic imine (C=N–C) groups is 1. The number of carboxylic acid groups (broad SMARTS) is 1. The van der Waals surface area contributed by atoms with Gasteiger partial charge in [0.25, 0.3) is 0 Å². The number of thioether (sulfide) groups is 1. The zero-order chi connectivity index (χ0) is 23.2. The maximum absolute atomic E-state index is 12.5. The average Bonchev–Trinajstić information content (AvgIpc) is 3.24. The van der Waals surface area contributed by atoms with Gasteiger partial charge in [-0.1, -0.05) is 6.92 Å². The molecule has 1 aliphatic carbocycles. The van der Waals surface area contributed by atoms with E-state index in [1.54, 1.807) is 18.7 Å². The fraction of sp³-hybridized carbons (Fsp3) is 0.773. The standard InChI is InChI=1S/C22H35N5O4S/c1-11-17-16(12(2)28)20(29)27(17)18(21(30)31)19(11)32-15-7-8-26(10-15)9-13-3-5-14(6-4-13)25-22(23)24/h11-17,28H,3-10H2,1-2H3,(H,30,31)(H4,23,24,25)/t11-,12-,13?,14?,15-,16-,17-/m1/s1. The lowest BCUT2D eigenvalue weighted by Gasteiger charge is -2.46. The molecule has 0 aromatic heterocycles. The van der Waals surface area contributed by atoms with Gasteiger partial charge in [-0.25, -0.2) is 4.79 Å². The van der Waals surface area contributed by atoms with Crippen molar-refractivity contribution in [2.75, 3.05) is 19.6 Å². The number of amides is 1. The molecular weight excluding hydrogens is 430 g/mol. The third-order valence-corrected chi connectivity index (χ3v) is 9.04. The van der Waals surface area contributed by atoms with Gasteiger partial charge in [-0.05, 0) is 51.5 Å². The Morgan fingerprint density at radius 3 is 2.53 bits per heavy atom. The van der Waals surface area contributed by atoms with E-state index in [1.165, 1.54) is 4.90 Å². The van der Waals surface area contributed by atoms with Crippen LogP contribution in [0.5, 0.6) is 0 Å². The minimum absolute atomic E-state index is 0.0664. The molecule has 0 bridgehead atoms. The minimum Gasteiger partial charge on any atom is -0.477 e. The summed E-state index contributed by atoms with van der Waals surface area (Å²) in [4.78, 5) is 33.5. The Hall–Kier alpha value is -1.78. The molecule has 5 atom stereocenters. The number of aliphatic hydroxyl groups excluding tert-OH is 1. The van der Waals surface area contributed by atoms with Crippen molar-refractivity contribution in [1.29, 1.82) is 0 Å². The Morgan fingerprint density at radius 2 is 1.94 bits per heavy atom. The van der Waals surface area contributed by atoms with Gasteiger partial charge in [0.05, 0.1) is 24.1 Å². The zero-order valence-corrected chi connectivity index (χ0v) is 19.6. The molecule has 9 nitrogen and oxygen atoms in total. The van der Waals surface area contributed by atoms with E-state index in [1.807, 2.05) is 6.92 Å². The summed E-state index contributed by atoms with van der Waals surface area (Å²) in [5, 5.41) is 20.1. The first-order valence-electron chi connectivity index (χ1n) is 11.6. The van der Waals surface area contributed by atoms with Gasteiger partial charge in [0, 0.05) is 29.2 Å². The van der Waals surface area contributed by atoms with Crippen LogP contribution in [0.2, 0.25) is 0 Å². The maximum Gasteiger partial charge on any atom is 0.353 e. The van der Waals surface area contributed by atoms with Gasteiger partial charge in [0.15, 0.2) is 5.96 Å². The fourth-order valence-electron chi connectivity index (χ4n) is 5.95. The van der Waals surface area contributed by atoms with E-state index in [-0.39, 0.29) is 35.6 Å². The molecule has 6 N–H and O–H groups in total. The largest absolute Gasteiger partial charge is 0.477 e. The molecule has 0 spiro atoms. The molecule has 0 radical (unpaired) electrons. The Balaban J connectivity index is 1.34. The third kappa shape index (κ3) is 4.36. The second-order valence-electron chi connectivity index (χ2n) is 9.79. The van der Waals surface area contributed by atoms with E-state index in [0.717, 1.165) is 56.6 Å². The minimum atomic E-state index is -1.05. The molecule has 0 aromatic rings. The third-order valence-electron chi connectivity index (χ3n) is 7.50. The highest BCUT2D eigenvalue weighted by atomic mass is 32.2. The summed E-state index contributed by atoms with van der Waals surface area (Å²) in [5.74, 6) is -1.07. The molecule has 32 heavy (non-hydrogen) atoms. The molecule has 0 unspecified atom stereocenters. The summed E-state index contributed by atoms with van der Waals surface area (Å²) < 4.78 is 0. The lowest BCUT2D eigenvalue weighted by molar-refractivity contribution is -0.163. The summed E-state index contributed by atoms with van der Waals surface area (Å²) in [6.45, 7) is 6.60. The van der Waals surface area contributed by atoms with Crippen LogP contribution in [-0.4, -0.2) is 80.9 Å². The summed E-state index contributed by atoms with van der Waals surface area (Å²) in [6, 6.07) is 0.0101. The van der Waals surface area contributed by atoms with Gasteiger partial charge < -0.3 is 31.5 Å². The molecule has 0 aromatic carbocycles. The number of nitrogens with zero attached hydrogens (tertiary/aromatic N) is 3. The average molecular weight is 466 g/mol. The van der Waals surface area contributed by atoms with Gasteiger partial charge in [-0.15, -0.1) is 11.8 Å². The van der Waals surface area contributed by atoms with Crippen molar-refractivity contribution < 1.29 is 19.8 Å². The predicted molar refractivity (Wildman–Crippen MR) is 124 cm³/mol. The summed E-state index contributed by atoms with van der Waals surface area (Å²) in [7, 11) is 0. The van der Waals surface area contributed by atoms with Crippen LogP contribution in [0.4, 0.5) is 0 Å². The highest BCUT2D eigenvalue weighted by Crippen LogP contribution is 2.52. The van der Waals surface area contributed by atoms with Gasteiger partial charge in [0.2, 0.25) is 5.91 Å². The number of fused-ring (bicyclic) bond motifs is 1. The highest BCUT2D eigenvalue weighted by molar-refractivity contribution is 8.03. The van der Waals surface area contributed by atoms with Crippen molar-refractivity contribution in [3.05, 3.63) is 10.6 Å². The lowest BCUT2D eigenvalue weighted by Crippen LogP contribution is -2.63. The van der Waals surface area contributed by atoms with Gasteiger partial charge in [0.1, 0.15) is 5.70 Å². The van der Waals surface area contributed by atoms with E-state index in [4.69, 9.17) is 11.5 Å². The van der Waals surface area contributed by atoms with Gasteiger partial charge in [-0.2, -0.15) is 0 Å². The van der Waals surface area contributed by atoms with Crippen molar-refractivity contribution in [2.24, 2.45) is 34.2 Å². The Labute approximate surface area is 193 Å². The maximum atomic E-state index is 12.5. The number of likely N-dealkylation sites (tertiary alicyclic amines) is 1. The van der Waals surface area contributed by atoms with Crippen molar-refractivity contribution in [3.63, 3.8) is 0 Å². The van der Waals surface area contributed by atoms with Crippen molar-refractivity contribution in [2.45, 2.75) is 69.4 Å². The van der Waals surface area contributed by atoms with Crippen LogP contribution in [0.3, 0.4) is 0 Å². The summed E-state index contributed by atoms with van der Waals surface area (Å²) in [5.41, 5.74) is 11.1. The topological polar surface area (TPSA) is 145 Å². The van der Waals surface area contributed by atoms with Gasteiger partial charge in [-0.3, -0.25) is 9.79 Å². The number of hydrogen-bond donors (Lipinski definition) is 4. The fourth-order valence-corrected chi connectivity index (χ4v) is 7.47. The predicted octanol–water partition coefficient (Wildman–Crippen LogP) is 0.780. The second kappa shape index (κ2) is 9.23. The molecule has 4 rings (SSSR count). The van der Waals surface area contributed by atoms with Gasteiger partial charge >= 0.3 is 5.97 Å². The first-order chi connectivity index (χ1) is 15.2. The molecular formula is C22H35N5O4S. The van der Waals surface area contributed by atoms with Crippen LogP contribution in [0, 0.1) is 17.8 Å². The number of nitrogens with two attached hydrogens (primary N) is 2. The van der Waals surface area contributed by atoms with Crippen molar-refractivity contribution in [1.82, 2.24) is 9.80 Å². The Bertz CT molecular complexity index is 819. The van der Waals surface area contributed by atoms with Crippen LogP contribution in [0.15, 0.2) is 15.6 Å². The molecule has 1 amide bonds. The molecule has 3 fully saturated rings. The van der Waals surface area contributed by atoms with Crippen LogP contribution >= 0.6 is 11.8 Å². The Kier molecular flexibility index (Phi) is 6.74. The van der Waals surface area contributed by atoms with Crippen molar-refractivity contribution in [3.8, 4) is 0 Å². The van der Waals surface area contributed by atoms with E-state index in [0.29, 0.717) is 11.2 Å². The molecule has 3 heterocycles. The molecule has 1 saturated carbocycles. The number of hydrogen-bond acceptors (Lipinski definition) is 6. The molecule has 4 aliphatic rings. The monoisotopic (exact) mass is 465 g/mol. The first kappa shape index (κ1) is 23.4. The molecule has 178 valence electrons. The molecule has 3 aliphatic heterocycles. The van der Waals surface area contributed by atoms with E-state index in [9.17, 15) is 19.8 Å². The number of carboxylic acids is 1. The Morgan fingerprint density at radius 1 is 1.25 bits per heavy atom. The number of aliphatic carboxylic acids is 1. The van der Waals surface area contributed by atoms with E-state index in [2.05, 4.69) is 9.89 Å². The number of aliphatic hydroxyl groups is 1. The smallest absolute Gasteiger partial charge is 0.353 e. The number of carbonyl (C=O) groups excluding carboxylic acids is 1.